The molecule has 7 heteroatoms. The van der Waals surface area contributed by atoms with Crippen LogP contribution in [-0.2, 0) is 11.3 Å². The lowest BCUT2D eigenvalue weighted by atomic mass is 10.2. The van der Waals surface area contributed by atoms with Crippen molar-refractivity contribution in [2.24, 2.45) is 0 Å². The fourth-order valence-corrected chi connectivity index (χ4v) is 2.01. The zero-order valence-corrected chi connectivity index (χ0v) is 12.8. The van der Waals surface area contributed by atoms with E-state index < -0.39 is 6.36 Å². The van der Waals surface area contributed by atoms with Gasteiger partial charge in [0.25, 0.3) is 0 Å². The summed E-state index contributed by atoms with van der Waals surface area (Å²) in [5.74, 6) is -0.247. The largest absolute Gasteiger partial charge is 0.573 e. The molecule has 1 atom stereocenters. The molecule has 0 saturated carbocycles. The summed E-state index contributed by atoms with van der Waals surface area (Å²) in [6.45, 7) is 5.68. The number of rotatable bonds is 7. The van der Waals surface area contributed by atoms with E-state index in [0.29, 0.717) is 19.8 Å². The summed E-state index contributed by atoms with van der Waals surface area (Å²) in [4.78, 5) is 0. The zero-order chi connectivity index (χ0) is 15.2. The van der Waals surface area contributed by atoms with Crippen molar-refractivity contribution < 1.29 is 22.6 Å². The Hall–Kier alpha value is -0.790. The van der Waals surface area contributed by atoms with Crippen LogP contribution in [0.4, 0.5) is 13.2 Å². The highest BCUT2D eigenvalue weighted by Gasteiger charge is 2.31. The molecule has 0 saturated heterocycles. The van der Waals surface area contributed by atoms with Crippen LogP contribution in [0.3, 0.4) is 0 Å². The third-order valence-corrected chi connectivity index (χ3v) is 3.07. The van der Waals surface area contributed by atoms with Crippen molar-refractivity contribution in [3.8, 4) is 5.75 Å². The molecule has 1 aromatic rings. The van der Waals surface area contributed by atoms with Gasteiger partial charge in [-0.05, 0) is 47.5 Å². The van der Waals surface area contributed by atoms with E-state index in [9.17, 15) is 13.2 Å². The first-order valence-electron chi connectivity index (χ1n) is 6.17. The van der Waals surface area contributed by atoms with Crippen LogP contribution >= 0.6 is 15.9 Å². The van der Waals surface area contributed by atoms with Gasteiger partial charge in [0.1, 0.15) is 5.75 Å². The van der Waals surface area contributed by atoms with Crippen LogP contribution in [0.2, 0.25) is 0 Å². The molecular weight excluding hydrogens is 339 g/mol. The quantitative estimate of drug-likeness (QED) is 0.805. The Morgan fingerprint density at radius 1 is 1.35 bits per heavy atom. The average molecular weight is 356 g/mol. The third kappa shape index (κ3) is 6.58. The molecule has 0 bridgehead atoms. The van der Waals surface area contributed by atoms with Gasteiger partial charge in [-0.2, -0.15) is 0 Å². The summed E-state index contributed by atoms with van der Waals surface area (Å²) in [7, 11) is 0. The number of benzene rings is 1. The smallest absolute Gasteiger partial charge is 0.405 e. The second kappa shape index (κ2) is 7.85. The number of nitrogens with one attached hydrogen (secondary N) is 1. The van der Waals surface area contributed by atoms with Crippen molar-refractivity contribution in [3.05, 3.63) is 28.2 Å². The Kier molecular flexibility index (Phi) is 6.78. The summed E-state index contributed by atoms with van der Waals surface area (Å²) in [5.41, 5.74) is 0.856. The molecular formula is C13H17BrF3NO2. The van der Waals surface area contributed by atoms with Crippen LogP contribution in [0.5, 0.6) is 5.75 Å². The van der Waals surface area contributed by atoms with Gasteiger partial charge in [0.2, 0.25) is 0 Å². The van der Waals surface area contributed by atoms with Crippen molar-refractivity contribution >= 4 is 15.9 Å². The van der Waals surface area contributed by atoms with Crippen LogP contribution in [-0.4, -0.2) is 25.6 Å². The minimum atomic E-state index is -4.69. The number of alkyl halides is 3. The molecule has 20 heavy (non-hydrogen) atoms. The van der Waals surface area contributed by atoms with E-state index in [1.54, 1.807) is 12.1 Å². The van der Waals surface area contributed by atoms with E-state index in [0.717, 1.165) is 5.56 Å². The Morgan fingerprint density at radius 2 is 2.05 bits per heavy atom. The molecule has 114 valence electrons. The van der Waals surface area contributed by atoms with Crippen LogP contribution in [0.15, 0.2) is 22.7 Å². The summed E-state index contributed by atoms with van der Waals surface area (Å²) in [6, 6.07) is 4.65. The molecule has 1 rings (SSSR count). The first-order valence-corrected chi connectivity index (χ1v) is 6.96. The summed E-state index contributed by atoms with van der Waals surface area (Å²) in [6.07, 6.45) is -4.69. The Bertz CT molecular complexity index is 427. The predicted octanol–water partition coefficient (Wildman–Crippen LogP) is 3.86. The Labute approximate surface area is 124 Å². The number of hydrogen-bond acceptors (Lipinski definition) is 3. The maximum atomic E-state index is 12.1. The van der Waals surface area contributed by atoms with Crippen molar-refractivity contribution in [3.63, 3.8) is 0 Å². The van der Waals surface area contributed by atoms with E-state index in [2.05, 4.69) is 26.0 Å². The fraction of sp³-hybridized carbons (Fsp3) is 0.538. The van der Waals surface area contributed by atoms with Crippen molar-refractivity contribution in [2.75, 3.05) is 13.2 Å². The van der Waals surface area contributed by atoms with E-state index in [4.69, 9.17) is 4.74 Å². The molecule has 1 unspecified atom stereocenters. The van der Waals surface area contributed by atoms with Gasteiger partial charge in [-0.25, -0.2) is 0 Å². The molecule has 0 spiro atoms. The number of ether oxygens (including phenoxy) is 2. The minimum absolute atomic E-state index is 0.167. The molecule has 0 fully saturated rings. The maximum absolute atomic E-state index is 12.1. The van der Waals surface area contributed by atoms with Gasteiger partial charge in [0, 0.05) is 19.2 Å². The number of hydrogen-bond donors (Lipinski definition) is 1. The second-order valence-electron chi connectivity index (χ2n) is 4.25. The first-order chi connectivity index (χ1) is 9.31. The molecule has 0 aromatic heterocycles. The van der Waals surface area contributed by atoms with E-state index in [1.165, 1.54) is 6.07 Å². The first kappa shape index (κ1) is 17.3. The van der Waals surface area contributed by atoms with E-state index >= 15 is 0 Å². The van der Waals surface area contributed by atoms with Crippen molar-refractivity contribution in [1.29, 1.82) is 0 Å². The highest BCUT2D eigenvalue weighted by Crippen LogP contribution is 2.31. The highest BCUT2D eigenvalue weighted by molar-refractivity contribution is 9.10. The fourth-order valence-electron chi connectivity index (χ4n) is 1.51. The lowest BCUT2D eigenvalue weighted by Crippen LogP contribution is -2.30. The molecule has 1 N–H and O–H groups in total. The third-order valence-electron chi connectivity index (χ3n) is 2.45. The summed E-state index contributed by atoms with van der Waals surface area (Å²) < 4.78 is 45.8. The Balaban J connectivity index is 2.55. The molecule has 0 heterocycles. The molecule has 0 aliphatic carbocycles. The van der Waals surface area contributed by atoms with Crippen molar-refractivity contribution in [1.82, 2.24) is 5.32 Å². The SMILES string of the molecule is CCOCC(C)NCc1ccc(OC(F)(F)F)c(Br)c1. The lowest BCUT2D eigenvalue weighted by Gasteiger charge is -2.15. The molecule has 3 nitrogen and oxygen atoms in total. The monoisotopic (exact) mass is 355 g/mol. The van der Waals surface area contributed by atoms with Gasteiger partial charge in [0.15, 0.2) is 0 Å². The zero-order valence-electron chi connectivity index (χ0n) is 11.3. The molecule has 0 amide bonds. The average Bonchev–Trinajstić information content (AvgIpc) is 2.35. The summed E-state index contributed by atoms with van der Waals surface area (Å²) in [5, 5.41) is 3.22. The van der Waals surface area contributed by atoms with Crippen LogP contribution < -0.4 is 10.1 Å². The van der Waals surface area contributed by atoms with E-state index in [-0.39, 0.29) is 16.3 Å². The maximum Gasteiger partial charge on any atom is 0.573 e. The van der Waals surface area contributed by atoms with Crippen LogP contribution in [0.1, 0.15) is 19.4 Å². The van der Waals surface area contributed by atoms with Crippen molar-refractivity contribution in [2.45, 2.75) is 32.8 Å². The molecule has 0 aliphatic heterocycles. The van der Waals surface area contributed by atoms with Crippen LogP contribution in [0, 0.1) is 0 Å². The van der Waals surface area contributed by atoms with Gasteiger partial charge < -0.3 is 14.8 Å². The Morgan fingerprint density at radius 3 is 2.60 bits per heavy atom. The topological polar surface area (TPSA) is 30.5 Å². The number of halogens is 4. The van der Waals surface area contributed by atoms with Crippen LogP contribution in [0.25, 0.3) is 0 Å². The van der Waals surface area contributed by atoms with E-state index in [1.807, 2.05) is 13.8 Å². The van der Waals surface area contributed by atoms with Gasteiger partial charge >= 0.3 is 6.36 Å². The van der Waals surface area contributed by atoms with Gasteiger partial charge in [-0.3, -0.25) is 0 Å². The minimum Gasteiger partial charge on any atom is -0.405 e. The second-order valence-corrected chi connectivity index (χ2v) is 5.11. The standard InChI is InChI=1S/C13H17BrF3NO2/c1-3-19-8-9(2)18-7-10-4-5-12(11(14)6-10)20-13(15,16)17/h4-6,9,18H,3,7-8H2,1-2H3. The molecule has 0 aliphatic rings. The molecule has 0 radical (unpaired) electrons. The molecule has 1 aromatic carbocycles. The normalized spacial score (nSPS) is 13.3. The lowest BCUT2D eigenvalue weighted by molar-refractivity contribution is -0.274. The predicted molar refractivity (Wildman–Crippen MR) is 73.6 cm³/mol. The van der Waals surface area contributed by atoms with Gasteiger partial charge in [-0.15, -0.1) is 13.2 Å². The summed E-state index contributed by atoms with van der Waals surface area (Å²) >= 11 is 3.07. The van der Waals surface area contributed by atoms with Gasteiger partial charge in [-0.1, -0.05) is 6.07 Å². The van der Waals surface area contributed by atoms with Gasteiger partial charge in [0.05, 0.1) is 11.1 Å². The highest BCUT2D eigenvalue weighted by atomic mass is 79.9.